The zero-order valence-electron chi connectivity index (χ0n) is 10.4. The van der Waals surface area contributed by atoms with Crippen LogP contribution in [0.5, 0.6) is 0 Å². The predicted octanol–water partition coefficient (Wildman–Crippen LogP) is 2.41. The van der Waals surface area contributed by atoms with Crippen molar-refractivity contribution in [3.63, 3.8) is 0 Å². The average molecular weight is 255 g/mol. The third-order valence-corrected chi connectivity index (χ3v) is 3.45. The zero-order valence-corrected chi connectivity index (χ0v) is 11.2. The number of unbranched alkanes of at least 4 members (excludes halogenated alkanes) is 1. The minimum Gasteiger partial charge on any atom is -0.465 e. The van der Waals surface area contributed by atoms with Crippen LogP contribution in [0, 0.1) is 0 Å². The van der Waals surface area contributed by atoms with Crippen molar-refractivity contribution in [2.75, 3.05) is 20.7 Å². The second-order valence-corrected chi connectivity index (χ2v) is 4.82. The SMILES string of the molecule is CCCCN(C)C(=O)c1ccc(C(=O)OC)s1. The van der Waals surface area contributed by atoms with Crippen LogP contribution in [-0.2, 0) is 4.74 Å². The lowest BCUT2D eigenvalue weighted by atomic mass is 10.3. The molecule has 94 valence electrons. The highest BCUT2D eigenvalue weighted by molar-refractivity contribution is 7.15. The zero-order chi connectivity index (χ0) is 12.8. The molecule has 1 rings (SSSR count). The van der Waals surface area contributed by atoms with Gasteiger partial charge < -0.3 is 9.64 Å². The quantitative estimate of drug-likeness (QED) is 0.759. The molecule has 5 heteroatoms. The molecular weight excluding hydrogens is 238 g/mol. The Morgan fingerprint density at radius 1 is 1.35 bits per heavy atom. The highest BCUT2D eigenvalue weighted by Gasteiger charge is 2.16. The van der Waals surface area contributed by atoms with Gasteiger partial charge in [0.2, 0.25) is 0 Å². The molecule has 0 aromatic carbocycles. The first-order valence-corrected chi connectivity index (χ1v) is 6.35. The van der Waals surface area contributed by atoms with E-state index in [1.54, 1.807) is 24.1 Å². The highest BCUT2D eigenvalue weighted by atomic mass is 32.1. The summed E-state index contributed by atoms with van der Waals surface area (Å²) in [5.74, 6) is -0.441. The van der Waals surface area contributed by atoms with E-state index in [2.05, 4.69) is 11.7 Å². The molecule has 0 atom stereocenters. The molecular formula is C12H17NO3S. The Bertz CT molecular complexity index is 400. The average Bonchev–Trinajstić information content (AvgIpc) is 2.83. The van der Waals surface area contributed by atoms with Gasteiger partial charge in [0.05, 0.1) is 12.0 Å². The van der Waals surface area contributed by atoms with Gasteiger partial charge in [0.1, 0.15) is 4.88 Å². The van der Waals surface area contributed by atoms with Crippen molar-refractivity contribution >= 4 is 23.2 Å². The third-order valence-electron chi connectivity index (χ3n) is 2.40. The van der Waals surface area contributed by atoms with Gasteiger partial charge in [-0.3, -0.25) is 4.79 Å². The van der Waals surface area contributed by atoms with Gasteiger partial charge in [-0.2, -0.15) is 0 Å². The van der Waals surface area contributed by atoms with Crippen LogP contribution in [0.3, 0.4) is 0 Å². The van der Waals surface area contributed by atoms with Crippen molar-refractivity contribution in [1.29, 1.82) is 0 Å². The molecule has 0 aliphatic rings. The molecule has 0 saturated carbocycles. The monoisotopic (exact) mass is 255 g/mol. The van der Waals surface area contributed by atoms with Crippen LogP contribution in [-0.4, -0.2) is 37.5 Å². The van der Waals surface area contributed by atoms with Gasteiger partial charge >= 0.3 is 5.97 Å². The Hall–Kier alpha value is -1.36. The molecule has 4 nitrogen and oxygen atoms in total. The fraction of sp³-hybridized carbons (Fsp3) is 0.500. The van der Waals surface area contributed by atoms with Crippen molar-refractivity contribution in [3.05, 3.63) is 21.9 Å². The molecule has 17 heavy (non-hydrogen) atoms. The van der Waals surface area contributed by atoms with Gasteiger partial charge in [-0.15, -0.1) is 11.3 Å². The maximum absolute atomic E-state index is 12.0. The van der Waals surface area contributed by atoms with E-state index in [1.807, 2.05) is 0 Å². The Morgan fingerprint density at radius 3 is 2.59 bits per heavy atom. The standard InChI is InChI=1S/C12H17NO3S/c1-4-5-8-13(2)11(14)9-6-7-10(17-9)12(15)16-3/h6-7H,4-5,8H2,1-3H3. The minimum absolute atomic E-state index is 0.0430. The van der Waals surface area contributed by atoms with Crippen LogP contribution in [0.15, 0.2) is 12.1 Å². The van der Waals surface area contributed by atoms with Crippen molar-refractivity contribution in [1.82, 2.24) is 4.90 Å². The molecule has 1 aromatic heterocycles. The van der Waals surface area contributed by atoms with E-state index in [0.717, 1.165) is 19.4 Å². The van der Waals surface area contributed by atoms with E-state index < -0.39 is 5.97 Å². The fourth-order valence-corrected chi connectivity index (χ4v) is 2.27. The summed E-state index contributed by atoms with van der Waals surface area (Å²) in [6.07, 6.45) is 2.03. The molecule has 1 aromatic rings. The summed E-state index contributed by atoms with van der Waals surface area (Å²) in [6.45, 7) is 2.82. The van der Waals surface area contributed by atoms with Gasteiger partial charge in [0, 0.05) is 13.6 Å². The van der Waals surface area contributed by atoms with Gasteiger partial charge in [-0.25, -0.2) is 4.79 Å². The first kappa shape index (κ1) is 13.7. The van der Waals surface area contributed by atoms with Crippen molar-refractivity contribution in [2.24, 2.45) is 0 Å². The number of esters is 1. The summed E-state index contributed by atoms with van der Waals surface area (Å²) in [6, 6.07) is 3.29. The number of thiophene rings is 1. The van der Waals surface area contributed by atoms with E-state index in [9.17, 15) is 9.59 Å². The van der Waals surface area contributed by atoms with E-state index in [0.29, 0.717) is 9.75 Å². The number of hydrogen-bond acceptors (Lipinski definition) is 4. The number of nitrogens with zero attached hydrogens (tertiary/aromatic N) is 1. The molecule has 0 unspecified atom stereocenters. The topological polar surface area (TPSA) is 46.6 Å². The van der Waals surface area contributed by atoms with Crippen LogP contribution < -0.4 is 0 Å². The van der Waals surface area contributed by atoms with Crippen molar-refractivity contribution in [3.8, 4) is 0 Å². The summed E-state index contributed by atoms with van der Waals surface area (Å²) in [4.78, 5) is 25.9. The minimum atomic E-state index is -0.398. The fourth-order valence-electron chi connectivity index (χ4n) is 1.35. The second-order valence-electron chi connectivity index (χ2n) is 3.74. The van der Waals surface area contributed by atoms with E-state index in [4.69, 9.17) is 0 Å². The number of rotatable bonds is 5. The molecule has 0 aliphatic carbocycles. The number of hydrogen-bond donors (Lipinski definition) is 0. The molecule has 0 fully saturated rings. The Morgan fingerprint density at radius 2 is 2.00 bits per heavy atom. The van der Waals surface area contributed by atoms with Gasteiger partial charge in [-0.1, -0.05) is 13.3 Å². The highest BCUT2D eigenvalue weighted by Crippen LogP contribution is 2.18. The molecule has 0 N–H and O–H groups in total. The van der Waals surface area contributed by atoms with Gasteiger partial charge in [0.15, 0.2) is 0 Å². The second kappa shape index (κ2) is 6.39. The Kier molecular flexibility index (Phi) is 5.15. The number of ether oxygens (including phenoxy) is 1. The lowest BCUT2D eigenvalue weighted by Crippen LogP contribution is -2.26. The summed E-state index contributed by atoms with van der Waals surface area (Å²) in [7, 11) is 3.10. The maximum atomic E-state index is 12.0. The van der Waals surface area contributed by atoms with E-state index in [-0.39, 0.29) is 5.91 Å². The number of amides is 1. The van der Waals surface area contributed by atoms with E-state index in [1.165, 1.54) is 18.4 Å². The normalized spacial score (nSPS) is 10.1. The number of carbonyl (C=O) groups excluding carboxylic acids is 2. The molecule has 0 spiro atoms. The molecule has 0 radical (unpaired) electrons. The number of methoxy groups -OCH3 is 1. The molecule has 1 heterocycles. The molecule has 0 aliphatic heterocycles. The first-order chi connectivity index (χ1) is 8.10. The predicted molar refractivity (Wildman–Crippen MR) is 67.5 cm³/mol. The van der Waals surface area contributed by atoms with Gasteiger partial charge in [-0.05, 0) is 18.6 Å². The molecule has 0 bridgehead atoms. The van der Waals surface area contributed by atoms with Crippen LogP contribution >= 0.6 is 11.3 Å². The summed E-state index contributed by atoms with van der Waals surface area (Å²) >= 11 is 1.17. The number of carbonyl (C=O) groups is 2. The van der Waals surface area contributed by atoms with Crippen LogP contribution in [0.1, 0.15) is 39.1 Å². The molecule has 0 saturated heterocycles. The molecule has 1 amide bonds. The largest absolute Gasteiger partial charge is 0.465 e. The summed E-state index contributed by atoms with van der Waals surface area (Å²) in [5.41, 5.74) is 0. The van der Waals surface area contributed by atoms with Crippen LogP contribution in [0.4, 0.5) is 0 Å². The summed E-state index contributed by atoms with van der Waals surface area (Å²) in [5, 5.41) is 0. The lowest BCUT2D eigenvalue weighted by molar-refractivity contribution is 0.0606. The first-order valence-electron chi connectivity index (χ1n) is 5.53. The van der Waals surface area contributed by atoms with Crippen LogP contribution in [0.2, 0.25) is 0 Å². The smallest absolute Gasteiger partial charge is 0.348 e. The lowest BCUT2D eigenvalue weighted by Gasteiger charge is -2.15. The third kappa shape index (κ3) is 3.56. The Balaban J connectivity index is 2.69. The van der Waals surface area contributed by atoms with E-state index >= 15 is 0 Å². The summed E-state index contributed by atoms with van der Waals surface area (Å²) < 4.78 is 4.60. The van der Waals surface area contributed by atoms with Gasteiger partial charge in [0.25, 0.3) is 5.91 Å². The van der Waals surface area contributed by atoms with Crippen molar-refractivity contribution < 1.29 is 14.3 Å². The maximum Gasteiger partial charge on any atom is 0.348 e. The Labute approximate surface area is 105 Å². The van der Waals surface area contributed by atoms with Crippen LogP contribution in [0.25, 0.3) is 0 Å². The van der Waals surface area contributed by atoms with Crippen molar-refractivity contribution in [2.45, 2.75) is 19.8 Å².